The Labute approximate surface area is 664 Å². The summed E-state index contributed by atoms with van der Waals surface area (Å²) in [7, 11) is 16.5. The van der Waals surface area contributed by atoms with Crippen LogP contribution >= 0.6 is 0 Å². The van der Waals surface area contributed by atoms with Gasteiger partial charge in [-0.1, -0.05) is 0 Å². The highest BCUT2D eigenvalue weighted by Gasteiger charge is 2.27. The summed E-state index contributed by atoms with van der Waals surface area (Å²) >= 11 is 0. The van der Waals surface area contributed by atoms with E-state index in [9.17, 15) is 116 Å². The van der Waals surface area contributed by atoms with Gasteiger partial charge in [-0.2, -0.15) is 4.39 Å². The summed E-state index contributed by atoms with van der Waals surface area (Å²) in [5.41, 5.74) is 7.58. The number of aliphatic hydroxyl groups excluding tert-OH is 1. The number of ether oxygens (including phenoxy) is 5. The van der Waals surface area contributed by atoms with Crippen molar-refractivity contribution in [2.45, 2.75) is 27.4 Å². The number of likely N-dealkylation sites (N-methyl/N-ethyl adjacent to an activating group) is 1. The van der Waals surface area contributed by atoms with E-state index < -0.39 is 106 Å². The number of aryl methyl sites for hydroxylation is 2. The van der Waals surface area contributed by atoms with E-state index in [0.29, 0.717) is 52.8 Å². The Kier molecular flexibility index (Phi) is 37.3. The van der Waals surface area contributed by atoms with Crippen LogP contribution in [-0.4, -0.2) is 176 Å². The number of methoxy groups -OCH3 is 2. The molecular formula is C72H79F5N16O25. The lowest BCUT2D eigenvalue weighted by atomic mass is 10.1. The molecule has 9 rings (SSSR count). The van der Waals surface area contributed by atoms with E-state index in [1.165, 1.54) is 51.3 Å². The van der Waals surface area contributed by atoms with Crippen LogP contribution < -0.4 is 42.5 Å². The maximum absolute atomic E-state index is 13.4. The molecule has 0 spiro atoms. The number of nitro groups is 6. The number of hydrogen-bond donors (Lipinski definition) is 8. The molecule has 46 heteroatoms. The average Bonchev–Trinajstić information content (AvgIpc) is 1.63. The van der Waals surface area contributed by atoms with Crippen LogP contribution in [0.1, 0.15) is 88.7 Å². The van der Waals surface area contributed by atoms with Gasteiger partial charge in [0, 0.05) is 146 Å². The fourth-order valence-electron chi connectivity index (χ4n) is 10.2. The Hall–Kier alpha value is -15.3. The third-order valence-corrected chi connectivity index (χ3v) is 16.0. The average molecular weight is 1660 g/mol. The van der Waals surface area contributed by atoms with Crippen molar-refractivity contribution < 1.29 is 114 Å². The first-order valence-corrected chi connectivity index (χ1v) is 33.7. The van der Waals surface area contributed by atoms with E-state index in [-0.39, 0.29) is 106 Å². The van der Waals surface area contributed by atoms with Gasteiger partial charge >= 0.3 is 35.5 Å². The molecule has 0 saturated heterocycles. The minimum absolute atomic E-state index is 0.00449. The second kappa shape index (κ2) is 45.4. The van der Waals surface area contributed by atoms with Crippen LogP contribution in [0.15, 0.2) is 97.1 Å². The SMILES string of the molecule is CCOC(=O)CN(C)c1cc(NC)c([N+](=O)[O-])cc1C=O.CCOC(=O)c1cc2cc(N)c(NC)cc2n1C.CCOC(=O)c1cc2cc([N+](=O)[O-])c(NC)cc2n1C.CNc1cc(F)c(C(=O)OC)cc1[N+](=O)[O-].CNc1cc(F)c(C=O)cc1[N+](=O)[O-].CNc1cc(F)c(CO)cc1[N+](=O)[O-].COC(=O)c1cc([N+](=O)[O-])c(F)cc1F. The van der Waals surface area contributed by atoms with E-state index in [2.05, 4.69) is 41.4 Å². The lowest BCUT2D eigenvalue weighted by molar-refractivity contribution is -0.387. The molecule has 0 aliphatic carbocycles. The first-order valence-electron chi connectivity index (χ1n) is 33.7. The van der Waals surface area contributed by atoms with Crippen LogP contribution in [0.5, 0.6) is 0 Å². The summed E-state index contributed by atoms with van der Waals surface area (Å²) < 4.78 is 91.9. The second-order valence-corrected chi connectivity index (χ2v) is 23.0. The number of benzene rings is 7. The minimum Gasteiger partial charge on any atom is -0.465 e. The summed E-state index contributed by atoms with van der Waals surface area (Å²) in [6, 6.07) is 19.2. The Balaban J connectivity index is 0.000000358. The van der Waals surface area contributed by atoms with Gasteiger partial charge in [0.05, 0.1) is 104 Å². The molecule has 2 heterocycles. The lowest BCUT2D eigenvalue weighted by Gasteiger charge is -2.20. The molecule has 632 valence electrons. The summed E-state index contributed by atoms with van der Waals surface area (Å²) in [6.07, 6.45) is 0.755. The van der Waals surface area contributed by atoms with Gasteiger partial charge in [-0.3, -0.25) is 75.1 Å². The van der Waals surface area contributed by atoms with Crippen LogP contribution in [0.2, 0.25) is 0 Å². The number of rotatable bonds is 25. The van der Waals surface area contributed by atoms with E-state index in [0.717, 1.165) is 72.7 Å². The molecule has 9 aromatic rings. The number of aliphatic hydroxyl groups is 1. The smallest absolute Gasteiger partial charge is 0.354 e. The molecule has 7 aromatic carbocycles. The lowest BCUT2D eigenvalue weighted by Crippen LogP contribution is -2.28. The standard InChI is InChI=1S/C13H17N3O5.C13H15N3O4.C13H17N3O2.C9H9FN2O4.C8H5F2NO4.C8H9FN2O3.C8H7FN2O3/c1-4-21-13(18)7-15(3)11-6-10(14-2)12(16(19)20)5-9(11)8-17;1-4-20-13(17)12-6-8-5-11(16(18)19)9(14-2)7-10(8)15(12)3;1-4-18-13(17)12-6-8-5-9(14)10(15-2)7-11(8)16(12)3;1-11-7-4-6(10)5(9(13)16-2)3-8(7)12(14)15;1-15-8(12)4-2-7(11(13)14)6(10)3-5(4)9;2*1-10-7-3-6(9)5(4-12)2-8(7)11(13)14/h5-6,8,14H,4,7H2,1-3H3;5-7,14H,4H2,1-3H3;5-7,15H,4,14H2,1-3H3;3-4,11H,1-2H3;2-3H,1H3;2-3,10,12H,4H2,1H3;2-4,10H,1H3. The van der Waals surface area contributed by atoms with Crippen molar-refractivity contribution in [1.29, 1.82) is 0 Å². The second-order valence-electron chi connectivity index (χ2n) is 23.0. The van der Waals surface area contributed by atoms with Crippen molar-refractivity contribution in [3.8, 4) is 0 Å². The van der Waals surface area contributed by atoms with Gasteiger partial charge in [0.2, 0.25) is 5.82 Å². The van der Waals surface area contributed by atoms with Gasteiger partial charge in [0.25, 0.3) is 28.4 Å². The molecule has 9 N–H and O–H groups in total. The van der Waals surface area contributed by atoms with Crippen molar-refractivity contribution in [2.75, 3.05) is 132 Å². The number of fused-ring (bicyclic) bond motifs is 2. The number of aldehydes is 2. The summed E-state index contributed by atoms with van der Waals surface area (Å²) in [6.45, 7) is 5.50. The Morgan fingerprint density at radius 2 is 0.788 bits per heavy atom. The first kappa shape index (κ1) is 96.9. The van der Waals surface area contributed by atoms with Crippen molar-refractivity contribution >= 4 is 144 Å². The molecular weight excluding hydrogens is 1580 g/mol. The number of nitrogens with one attached hydrogen (secondary N) is 6. The fraction of sp³-hybridized carbons (Fsp3) is 0.264. The van der Waals surface area contributed by atoms with Gasteiger partial charge < -0.3 is 80.5 Å². The zero-order valence-electron chi connectivity index (χ0n) is 65.2. The number of anilines is 8. The quantitative estimate of drug-likeness (QED) is 0.00501. The van der Waals surface area contributed by atoms with Crippen molar-refractivity contribution in [3.63, 3.8) is 0 Å². The molecule has 0 radical (unpaired) electrons. The van der Waals surface area contributed by atoms with Crippen LogP contribution in [0.3, 0.4) is 0 Å². The summed E-state index contributed by atoms with van der Waals surface area (Å²) in [5.74, 6) is -8.13. The number of nitrogen functional groups attached to an aromatic ring is 1. The van der Waals surface area contributed by atoms with Crippen molar-refractivity contribution in [3.05, 3.63) is 226 Å². The molecule has 0 amide bonds. The number of halogens is 5. The fourth-order valence-corrected chi connectivity index (χ4v) is 10.2. The highest BCUT2D eigenvalue weighted by atomic mass is 19.1. The molecule has 2 aromatic heterocycles. The number of nitrogens with zero attached hydrogens (tertiary/aromatic N) is 9. The van der Waals surface area contributed by atoms with E-state index in [1.54, 1.807) is 64.7 Å². The van der Waals surface area contributed by atoms with Crippen molar-refractivity contribution in [1.82, 2.24) is 9.13 Å². The van der Waals surface area contributed by atoms with Gasteiger partial charge in [0.15, 0.2) is 12.6 Å². The summed E-state index contributed by atoms with van der Waals surface area (Å²) in [5, 5.41) is 90.1. The first-order chi connectivity index (χ1) is 55.7. The molecule has 0 aliphatic rings. The molecule has 41 nitrogen and oxygen atoms in total. The minimum atomic E-state index is -1.34. The number of nitrogens with two attached hydrogens (primary N) is 1. The largest absolute Gasteiger partial charge is 0.465 e. The van der Waals surface area contributed by atoms with Gasteiger partial charge in [-0.25, -0.2) is 36.7 Å². The van der Waals surface area contributed by atoms with E-state index >= 15 is 0 Å². The molecule has 0 atom stereocenters. The van der Waals surface area contributed by atoms with Crippen LogP contribution in [-0.2, 0) is 49.2 Å². The van der Waals surface area contributed by atoms with Crippen molar-refractivity contribution in [2.24, 2.45) is 14.1 Å². The van der Waals surface area contributed by atoms with Gasteiger partial charge in [0.1, 0.15) is 80.8 Å². The zero-order chi connectivity index (χ0) is 89.4. The van der Waals surface area contributed by atoms with Gasteiger partial charge in [-0.15, -0.1) is 0 Å². The normalized spacial score (nSPS) is 10.0. The third kappa shape index (κ3) is 25.1. The Morgan fingerprint density at radius 3 is 1.19 bits per heavy atom. The maximum atomic E-state index is 13.4. The highest BCUT2D eigenvalue weighted by Crippen LogP contribution is 2.36. The van der Waals surface area contributed by atoms with Crippen LogP contribution in [0.4, 0.5) is 102 Å². The number of hydrogen-bond acceptors (Lipinski definition) is 33. The highest BCUT2D eigenvalue weighted by molar-refractivity contribution is 6.00. The van der Waals surface area contributed by atoms with Crippen LogP contribution in [0.25, 0.3) is 21.8 Å². The number of carbonyl (C=O) groups is 7. The number of aromatic nitrogens is 2. The van der Waals surface area contributed by atoms with E-state index in [1.807, 2.05) is 30.8 Å². The molecule has 0 aliphatic heterocycles. The Morgan fingerprint density at radius 1 is 0.441 bits per heavy atom. The number of nitro benzene ring substituents is 6. The third-order valence-electron chi connectivity index (χ3n) is 16.0. The maximum Gasteiger partial charge on any atom is 0.354 e. The van der Waals surface area contributed by atoms with Gasteiger partial charge in [-0.05, 0) is 57.2 Å². The molecule has 118 heavy (non-hydrogen) atoms. The predicted molar refractivity (Wildman–Crippen MR) is 421 cm³/mol. The predicted octanol–water partition coefficient (Wildman–Crippen LogP) is 11.8. The topological polar surface area (TPSA) is 556 Å². The number of esters is 5. The van der Waals surface area contributed by atoms with E-state index in [4.69, 9.17) is 25.1 Å². The molecule has 0 unspecified atom stereocenters. The van der Waals surface area contributed by atoms with Crippen LogP contribution in [0, 0.1) is 89.8 Å². The molecule has 0 fully saturated rings. The monoisotopic (exact) mass is 1660 g/mol. The molecule has 0 bridgehead atoms. The Bertz CT molecular complexity index is 5280. The molecule has 0 saturated carbocycles. The number of carbonyl (C=O) groups excluding carboxylic acids is 7. The zero-order valence-corrected chi connectivity index (χ0v) is 65.2. The summed E-state index contributed by atoms with van der Waals surface area (Å²) in [4.78, 5) is 140.